The third-order valence-corrected chi connectivity index (χ3v) is 5.39. The molecule has 0 spiro atoms. The van der Waals surface area contributed by atoms with Crippen LogP contribution in [-0.4, -0.2) is 16.0 Å². The van der Waals surface area contributed by atoms with Crippen LogP contribution in [0.3, 0.4) is 0 Å². The van der Waals surface area contributed by atoms with Crippen molar-refractivity contribution in [2.24, 2.45) is 0 Å². The van der Waals surface area contributed by atoms with Gasteiger partial charge in [0.15, 0.2) is 5.58 Å². The number of hydrogen-bond acceptors (Lipinski definition) is 4. The first-order valence-corrected chi connectivity index (χ1v) is 9.44. The summed E-state index contributed by atoms with van der Waals surface area (Å²) in [6, 6.07) is 17.8. The second kappa shape index (κ2) is 6.68. The number of fused-ring (bicyclic) bond motifs is 2. The molecule has 1 N–H and O–H groups in total. The monoisotopic (exact) mass is 424 g/mol. The smallest absolute Gasteiger partial charge is 0.363 e. The van der Waals surface area contributed by atoms with E-state index < -0.39 is 34.7 Å². The van der Waals surface area contributed by atoms with Crippen molar-refractivity contribution >= 4 is 22.7 Å². The molecule has 0 radical (unpaired) electrons. The highest BCUT2D eigenvalue weighted by atomic mass is 19.3. The van der Waals surface area contributed by atoms with Crippen molar-refractivity contribution in [2.75, 3.05) is 4.90 Å². The zero-order valence-electron chi connectivity index (χ0n) is 15.9. The van der Waals surface area contributed by atoms with E-state index >= 15 is 8.78 Å². The highest BCUT2D eigenvalue weighted by Crippen LogP contribution is 2.53. The van der Waals surface area contributed by atoms with E-state index in [1.807, 2.05) is 0 Å². The quantitative estimate of drug-likeness (QED) is 0.524. The molecule has 31 heavy (non-hydrogen) atoms. The normalized spacial score (nSPS) is 18.6. The number of carbonyl (C=O) groups excluding carboxylic acids is 1. The molecule has 1 aromatic heterocycles. The second-order valence-electron chi connectivity index (χ2n) is 7.31. The average molecular weight is 424 g/mol. The van der Waals surface area contributed by atoms with E-state index in [-0.39, 0.29) is 23.3 Å². The highest BCUT2D eigenvalue weighted by Gasteiger charge is 2.68. The van der Waals surface area contributed by atoms with Gasteiger partial charge in [-0.2, -0.15) is 8.78 Å². The lowest BCUT2D eigenvalue weighted by molar-refractivity contribution is -0.204. The fraction of sp³-hybridized carbons (Fsp3) is 0.130. The molecule has 2 heterocycles. The van der Waals surface area contributed by atoms with Crippen molar-refractivity contribution in [3.63, 3.8) is 0 Å². The zero-order chi connectivity index (χ0) is 21.8. The van der Waals surface area contributed by atoms with Gasteiger partial charge in [0, 0.05) is 5.56 Å². The summed E-state index contributed by atoms with van der Waals surface area (Å²) < 4.78 is 50.6. The number of amides is 1. The molecule has 1 aliphatic rings. The SMILES string of the molecule is O=C1N(Cc2ccccc2)c2ccc(F)cc2C1(O)C(F)(F)c1nc2ccccc2o1. The number of aliphatic hydroxyl groups is 1. The molecule has 156 valence electrons. The van der Waals surface area contributed by atoms with Crippen LogP contribution >= 0.6 is 0 Å². The summed E-state index contributed by atoms with van der Waals surface area (Å²) in [6.07, 6.45) is 0. The van der Waals surface area contributed by atoms with Gasteiger partial charge >= 0.3 is 5.92 Å². The summed E-state index contributed by atoms with van der Waals surface area (Å²) in [6.45, 7) is -0.0791. The molecular formula is C23H15F3N2O3. The fourth-order valence-corrected chi connectivity index (χ4v) is 3.84. The molecule has 5 rings (SSSR count). The number of hydrogen-bond donors (Lipinski definition) is 1. The van der Waals surface area contributed by atoms with Gasteiger partial charge in [-0.3, -0.25) is 4.79 Å². The van der Waals surface area contributed by atoms with Gasteiger partial charge in [-0.25, -0.2) is 9.37 Å². The Morgan fingerprint density at radius 1 is 1.03 bits per heavy atom. The Morgan fingerprint density at radius 2 is 1.74 bits per heavy atom. The van der Waals surface area contributed by atoms with Gasteiger partial charge in [-0.05, 0) is 35.9 Å². The number of anilines is 1. The van der Waals surface area contributed by atoms with E-state index in [0.717, 1.165) is 17.0 Å². The Kier molecular flexibility index (Phi) is 4.16. The number of benzene rings is 3. The number of aromatic nitrogens is 1. The number of nitrogens with zero attached hydrogens (tertiary/aromatic N) is 2. The minimum Gasteiger partial charge on any atom is -0.435 e. The van der Waals surface area contributed by atoms with Crippen molar-refractivity contribution in [3.8, 4) is 0 Å². The number of para-hydroxylation sites is 2. The van der Waals surface area contributed by atoms with Gasteiger partial charge in [-0.1, -0.05) is 42.5 Å². The molecule has 5 nitrogen and oxygen atoms in total. The van der Waals surface area contributed by atoms with Crippen molar-refractivity contribution in [1.82, 2.24) is 4.98 Å². The number of oxazole rings is 1. The molecule has 0 fully saturated rings. The summed E-state index contributed by atoms with van der Waals surface area (Å²) >= 11 is 0. The van der Waals surface area contributed by atoms with Gasteiger partial charge < -0.3 is 14.4 Å². The molecule has 4 aromatic rings. The van der Waals surface area contributed by atoms with Gasteiger partial charge in [0.2, 0.25) is 5.60 Å². The van der Waals surface area contributed by atoms with Gasteiger partial charge in [0.25, 0.3) is 11.8 Å². The number of halogens is 3. The molecule has 3 aromatic carbocycles. The third-order valence-electron chi connectivity index (χ3n) is 5.39. The first-order chi connectivity index (χ1) is 14.8. The Balaban J connectivity index is 1.66. The molecule has 0 saturated heterocycles. The summed E-state index contributed by atoms with van der Waals surface area (Å²) in [4.78, 5) is 18.0. The lowest BCUT2D eigenvalue weighted by Crippen LogP contribution is -2.51. The lowest BCUT2D eigenvalue weighted by Gasteiger charge is -2.29. The summed E-state index contributed by atoms with van der Waals surface area (Å²) in [5, 5.41) is 11.2. The molecular weight excluding hydrogens is 409 g/mol. The van der Waals surface area contributed by atoms with Crippen LogP contribution < -0.4 is 4.90 Å². The predicted octanol–water partition coefficient (Wildman–Crippen LogP) is 4.49. The fourth-order valence-electron chi connectivity index (χ4n) is 3.84. The Bertz CT molecular complexity index is 1270. The average Bonchev–Trinajstić information content (AvgIpc) is 3.30. The van der Waals surface area contributed by atoms with E-state index in [2.05, 4.69) is 4.98 Å². The maximum Gasteiger partial charge on any atom is 0.363 e. The second-order valence-corrected chi connectivity index (χ2v) is 7.31. The van der Waals surface area contributed by atoms with E-state index in [9.17, 15) is 14.3 Å². The van der Waals surface area contributed by atoms with Crippen LogP contribution in [0.4, 0.5) is 18.9 Å². The van der Waals surface area contributed by atoms with Crippen LogP contribution in [0.1, 0.15) is 17.0 Å². The zero-order valence-corrected chi connectivity index (χ0v) is 15.9. The molecule has 0 bridgehead atoms. The largest absolute Gasteiger partial charge is 0.435 e. The molecule has 1 amide bonds. The number of rotatable bonds is 4. The topological polar surface area (TPSA) is 66.6 Å². The molecule has 0 saturated carbocycles. The van der Waals surface area contributed by atoms with Crippen LogP contribution in [-0.2, 0) is 22.9 Å². The first kappa shape index (κ1) is 19.3. The van der Waals surface area contributed by atoms with Crippen molar-refractivity contribution in [1.29, 1.82) is 0 Å². The Labute approximate surface area is 174 Å². The highest BCUT2D eigenvalue weighted by molar-refractivity contribution is 6.07. The summed E-state index contributed by atoms with van der Waals surface area (Å²) in [5.41, 5.74) is -3.06. The molecule has 1 unspecified atom stereocenters. The maximum absolute atomic E-state index is 15.7. The molecule has 1 aliphatic heterocycles. The predicted molar refractivity (Wildman–Crippen MR) is 106 cm³/mol. The van der Waals surface area contributed by atoms with Crippen LogP contribution in [0.25, 0.3) is 11.1 Å². The standard InChI is InChI=1S/C23H15F3N2O3/c24-15-10-11-18-16(12-15)22(30,21(29)28(18)13-14-6-2-1-3-7-14)23(25,26)20-27-17-8-4-5-9-19(17)31-20/h1-12,30H,13H2. The van der Waals surface area contributed by atoms with Crippen molar-refractivity contribution < 1.29 is 27.5 Å². The Morgan fingerprint density at radius 3 is 2.48 bits per heavy atom. The van der Waals surface area contributed by atoms with Crippen LogP contribution in [0, 0.1) is 5.82 Å². The lowest BCUT2D eigenvalue weighted by atomic mass is 9.88. The van der Waals surface area contributed by atoms with Crippen molar-refractivity contribution in [2.45, 2.75) is 18.1 Å². The maximum atomic E-state index is 15.7. The molecule has 8 heteroatoms. The minimum atomic E-state index is -4.27. The van der Waals surface area contributed by atoms with E-state index in [4.69, 9.17) is 4.42 Å². The third kappa shape index (κ3) is 2.75. The minimum absolute atomic E-state index is 0.00598. The molecule has 0 aliphatic carbocycles. The van der Waals surface area contributed by atoms with Crippen LogP contribution in [0.15, 0.2) is 77.2 Å². The van der Waals surface area contributed by atoms with E-state index in [0.29, 0.717) is 5.56 Å². The number of alkyl halides is 2. The van der Waals surface area contributed by atoms with E-state index in [1.54, 1.807) is 42.5 Å². The summed E-state index contributed by atoms with van der Waals surface area (Å²) in [5.74, 6) is -7.54. The van der Waals surface area contributed by atoms with Gasteiger partial charge in [0.1, 0.15) is 11.3 Å². The van der Waals surface area contributed by atoms with Gasteiger partial charge in [0.05, 0.1) is 12.2 Å². The first-order valence-electron chi connectivity index (χ1n) is 9.44. The van der Waals surface area contributed by atoms with Crippen molar-refractivity contribution in [3.05, 3.63) is 95.6 Å². The van der Waals surface area contributed by atoms with Crippen LogP contribution in [0.2, 0.25) is 0 Å². The Hall–Kier alpha value is -3.65. The summed E-state index contributed by atoms with van der Waals surface area (Å²) in [7, 11) is 0. The molecule has 1 atom stereocenters. The van der Waals surface area contributed by atoms with Gasteiger partial charge in [-0.15, -0.1) is 0 Å². The van der Waals surface area contributed by atoms with Crippen LogP contribution in [0.5, 0.6) is 0 Å². The van der Waals surface area contributed by atoms with E-state index in [1.165, 1.54) is 18.2 Å². The number of carbonyl (C=O) groups is 1.